The molecule has 0 saturated carbocycles. The number of benzene rings is 2. The van der Waals surface area contributed by atoms with Crippen LogP contribution in [0.5, 0.6) is 0 Å². The Kier molecular flexibility index (Phi) is 6.79. The second kappa shape index (κ2) is 9.69. The lowest BCUT2D eigenvalue weighted by molar-refractivity contribution is -0.139. The third-order valence-corrected chi connectivity index (χ3v) is 4.81. The van der Waals surface area contributed by atoms with Gasteiger partial charge in [-0.05, 0) is 37.0 Å². The van der Waals surface area contributed by atoms with Crippen LogP contribution in [0.1, 0.15) is 45.5 Å². The van der Waals surface area contributed by atoms with Crippen molar-refractivity contribution in [2.24, 2.45) is 0 Å². The van der Waals surface area contributed by atoms with E-state index >= 15 is 0 Å². The minimum absolute atomic E-state index is 0.0404. The summed E-state index contributed by atoms with van der Waals surface area (Å²) in [4.78, 5) is 49.1. The highest BCUT2D eigenvalue weighted by molar-refractivity contribution is 6.21. The predicted octanol–water partition coefficient (Wildman–Crippen LogP) is 2.83. The van der Waals surface area contributed by atoms with Gasteiger partial charge in [-0.3, -0.25) is 14.5 Å². The molecule has 30 heavy (non-hydrogen) atoms. The number of carbonyl (C=O) groups is 4. The molecular formula is C22H22N2O6. The second-order valence-corrected chi connectivity index (χ2v) is 6.90. The van der Waals surface area contributed by atoms with Gasteiger partial charge in [0.25, 0.3) is 11.8 Å². The van der Waals surface area contributed by atoms with Crippen molar-refractivity contribution in [2.45, 2.75) is 31.9 Å². The van der Waals surface area contributed by atoms with Gasteiger partial charge >= 0.3 is 12.1 Å². The molecule has 0 bridgehead atoms. The number of nitrogens with one attached hydrogen (secondary N) is 1. The highest BCUT2D eigenvalue weighted by atomic mass is 16.5. The minimum atomic E-state index is -1.17. The van der Waals surface area contributed by atoms with E-state index in [4.69, 9.17) is 4.74 Å². The van der Waals surface area contributed by atoms with Gasteiger partial charge in [0.15, 0.2) is 0 Å². The Bertz CT molecular complexity index is 909. The Labute approximate surface area is 173 Å². The van der Waals surface area contributed by atoms with E-state index in [0.29, 0.717) is 24.0 Å². The summed E-state index contributed by atoms with van der Waals surface area (Å²) in [6.45, 7) is 0.232. The Morgan fingerprint density at radius 1 is 0.933 bits per heavy atom. The Balaban J connectivity index is 1.43. The number of carbonyl (C=O) groups excluding carboxylic acids is 3. The van der Waals surface area contributed by atoms with E-state index in [9.17, 15) is 24.3 Å². The predicted molar refractivity (Wildman–Crippen MR) is 107 cm³/mol. The molecule has 1 aliphatic heterocycles. The Hall–Kier alpha value is -3.68. The van der Waals surface area contributed by atoms with Crippen LogP contribution in [0.2, 0.25) is 0 Å². The smallest absolute Gasteiger partial charge is 0.408 e. The average Bonchev–Trinajstić information content (AvgIpc) is 3.00. The number of alkyl carbamates (subject to hydrolysis) is 1. The van der Waals surface area contributed by atoms with Gasteiger partial charge in [0.1, 0.15) is 12.6 Å². The number of hydrogen-bond acceptors (Lipinski definition) is 5. The van der Waals surface area contributed by atoms with Crippen LogP contribution in [-0.4, -0.2) is 46.5 Å². The molecule has 0 spiro atoms. The fourth-order valence-corrected chi connectivity index (χ4v) is 3.23. The summed E-state index contributed by atoms with van der Waals surface area (Å²) in [5, 5.41) is 11.7. The average molecular weight is 410 g/mol. The van der Waals surface area contributed by atoms with Gasteiger partial charge in [-0.1, -0.05) is 42.5 Å². The molecule has 0 saturated heterocycles. The normalized spacial score (nSPS) is 13.7. The van der Waals surface area contributed by atoms with Gasteiger partial charge in [0.2, 0.25) is 0 Å². The van der Waals surface area contributed by atoms with E-state index < -0.39 is 18.1 Å². The van der Waals surface area contributed by atoms with Crippen LogP contribution >= 0.6 is 0 Å². The highest BCUT2D eigenvalue weighted by Crippen LogP contribution is 2.22. The number of unbranched alkanes of at least 4 members (excludes halogenated alkanes) is 1. The van der Waals surface area contributed by atoms with E-state index in [2.05, 4.69) is 5.32 Å². The zero-order valence-electron chi connectivity index (χ0n) is 16.2. The molecule has 3 rings (SSSR count). The van der Waals surface area contributed by atoms with E-state index in [1.807, 2.05) is 18.2 Å². The molecule has 1 aliphatic rings. The fourth-order valence-electron chi connectivity index (χ4n) is 3.23. The molecule has 1 atom stereocenters. The molecule has 8 nitrogen and oxygen atoms in total. The van der Waals surface area contributed by atoms with Crippen molar-refractivity contribution in [3.8, 4) is 0 Å². The van der Waals surface area contributed by atoms with Crippen LogP contribution < -0.4 is 5.32 Å². The maximum absolute atomic E-state index is 12.3. The molecule has 2 aromatic rings. The maximum Gasteiger partial charge on any atom is 0.408 e. The molecule has 2 N–H and O–H groups in total. The number of rotatable bonds is 9. The van der Waals surface area contributed by atoms with Crippen LogP contribution in [0.3, 0.4) is 0 Å². The summed E-state index contributed by atoms with van der Waals surface area (Å²) in [7, 11) is 0. The zero-order chi connectivity index (χ0) is 21.5. The van der Waals surface area contributed by atoms with Crippen LogP contribution in [0.15, 0.2) is 54.6 Å². The van der Waals surface area contributed by atoms with Gasteiger partial charge in [0, 0.05) is 6.54 Å². The fraction of sp³-hybridized carbons (Fsp3) is 0.273. The second-order valence-electron chi connectivity index (χ2n) is 6.90. The van der Waals surface area contributed by atoms with E-state index in [0.717, 1.165) is 5.56 Å². The van der Waals surface area contributed by atoms with Crippen molar-refractivity contribution in [1.82, 2.24) is 10.2 Å². The molecule has 2 aromatic carbocycles. The Morgan fingerprint density at radius 2 is 1.53 bits per heavy atom. The third kappa shape index (κ3) is 5.02. The number of imide groups is 1. The lowest BCUT2D eigenvalue weighted by atomic mass is 10.1. The first-order valence-corrected chi connectivity index (χ1v) is 9.62. The zero-order valence-corrected chi connectivity index (χ0v) is 16.2. The molecular weight excluding hydrogens is 388 g/mol. The molecule has 0 aliphatic carbocycles. The first-order chi connectivity index (χ1) is 14.5. The number of amides is 3. The summed E-state index contributed by atoms with van der Waals surface area (Å²) < 4.78 is 5.05. The summed E-state index contributed by atoms with van der Waals surface area (Å²) in [5.41, 5.74) is 1.56. The third-order valence-electron chi connectivity index (χ3n) is 4.81. The topological polar surface area (TPSA) is 113 Å². The molecule has 0 fully saturated rings. The van der Waals surface area contributed by atoms with Crippen molar-refractivity contribution in [3.63, 3.8) is 0 Å². The number of hydrogen-bond donors (Lipinski definition) is 2. The van der Waals surface area contributed by atoms with Crippen LogP contribution in [0.25, 0.3) is 0 Å². The molecule has 3 amide bonds. The lowest BCUT2D eigenvalue weighted by Crippen LogP contribution is -2.41. The minimum Gasteiger partial charge on any atom is -0.480 e. The number of aliphatic carboxylic acids is 1. The van der Waals surface area contributed by atoms with E-state index in [1.54, 1.807) is 36.4 Å². The summed E-state index contributed by atoms with van der Waals surface area (Å²) in [6.07, 6.45) is 0.171. The molecule has 8 heteroatoms. The van der Waals surface area contributed by atoms with Crippen LogP contribution in [0.4, 0.5) is 4.79 Å². The van der Waals surface area contributed by atoms with Gasteiger partial charge < -0.3 is 15.2 Å². The molecule has 0 aromatic heterocycles. The monoisotopic (exact) mass is 410 g/mol. The van der Waals surface area contributed by atoms with Gasteiger partial charge in [-0.25, -0.2) is 9.59 Å². The molecule has 0 radical (unpaired) electrons. The number of ether oxygens (including phenoxy) is 1. The van der Waals surface area contributed by atoms with Crippen molar-refractivity contribution < 1.29 is 29.0 Å². The van der Waals surface area contributed by atoms with Gasteiger partial charge in [-0.15, -0.1) is 0 Å². The van der Waals surface area contributed by atoms with Crippen molar-refractivity contribution in [3.05, 3.63) is 71.3 Å². The number of carboxylic acids is 1. The number of carboxylic acid groups (broad SMARTS) is 1. The van der Waals surface area contributed by atoms with Gasteiger partial charge in [-0.2, -0.15) is 0 Å². The quantitative estimate of drug-likeness (QED) is 0.486. The number of fused-ring (bicyclic) bond motifs is 1. The van der Waals surface area contributed by atoms with E-state index in [1.165, 1.54) is 4.90 Å². The lowest BCUT2D eigenvalue weighted by Gasteiger charge is -2.16. The highest BCUT2D eigenvalue weighted by Gasteiger charge is 2.34. The van der Waals surface area contributed by atoms with Crippen LogP contribution in [0, 0.1) is 0 Å². The summed E-state index contributed by atoms with van der Waals surface area (Å²) in [5.74, 6) is -1.85. The van der Waals surface area contributed by atoms with Gasteiger partial charge in [0.05, 0.1) is 11.1 Å². The first-order valence-electron chi connectivity index (χ1n) is 9.62. The molecule has 156 valence electrons. The Morgan fingerprint density at radius 3 is 2.13 bits per heavy atom. The maximum atomic E-state index is 12.3. The molecule has 0 unspecified atom stereocenters. The standard InChI is InChI=1S/C22H22N2O6/c25-19-16-10-4-5-11-17(16)20(26)24(19)13-7-6-12-18(21(27)28)23-22(29)30-14-15-8-2-1-3-9-15/h1-5,8-11,18H,6-7,12-14H2,(H,23,29)(H,27,28)/t18-/m0/s1. The summed E-state index contributed by atoms with van der Waals surface area (Å²) in [6, 6.07) is 14.6. The first kappa shape index (κ1) is 21.0. The van der Waals surface area contributed by atoms with E-state index in [-0.39, 0.29) is 31.4 Å². The SMILES string of the molecule is O=C(N[C@@H](CCCCN1C(=O)c2ccccc2C1=O)C(=O)O)OCc1ccccc1. The van der Waals surface area contributed by atoms with Crippen LogP contribution in [-0.2, 0) is 16.1 Å². The van der Waals surface area contributed by atoms with Crippen molar-refractivity contribution >= 4 is 23.9 Å². The molecule has 1 heterocycles. The summed E-state index contributed by atoms with van der Waals surface area (Å²) >= 11 is 0. The largest absolute Gasteiger partial charge is 0.480 e. The van der Waals surface area contributed by atoms with Crippen molar-refractivity contribution in [1.29, 1.82) is 0 Å². The van der Waals surface area contributed by atoms with Crippen molar-refractivity contribution in [2.75, 3.05) is 6.54 Å². The number of nitrogens with zero attached hydrogens (tertiary/aromatic N) is 1.